The number of aliphatic carboxylic acids is 1. The van der Waals surface area contributed by atoms with E-state index in [1.807, 2.05) is 44.2 Å². The molecule has 21 heavy (non-hydrogen) atoms. The highest BCUT2D eigenvalue weighted by atomic mass is 16.5. The minimum absolute atomic E-state index is 0.790. The average molecular weight is 283 g/mol. The van der Waals surface area contributed by atoms with Crippen LogP contribution < -0.4 is 4.74 Å². The molecule has 2 aromatic rings. The Labute approximate surface area is 123 Å². The summed E-state index contributed by atoms with van der Waals surface area (Å²) in [4.78, 5) is 15.1. The molecule has 0 spiro atoms. The third-order valence-corrected chi connectivity index (χ3v) is 3.22. The van der Waals surface area contributed by atoms with Crippen molar-refractivity contribution >= 4 is 12.0 Å². The molecule has 108 valence electrons. The molecule has 0 aliphatic carbocycles. The number of nitrogens with zero attached hydrogens (tertiary/aromatic N) is 1. The number of aryl methyl sites for hydroxylation is 2. The van der Waals surface area contributed by atoms with Crippen LogP contribution in [0.2, 0.25) is 0 Å². The summed E-state index contributed by atoms with van der Waals surface area (Å²) < 4.78 is 5.25. The molecule has 0 aliphatic rings. The lowest BCUT2D eigenvalue weighted by Crippen LogP contribution is -1.93. The lowest BCUT2D eigenvalue weighted by molar-refractivity contribution is -0.131. The SMILES string of the molecule is COc1ccc(-c2ccc(/C=C/C(=O)O)c(C)n2)cc1C. The van der Waals surface area contributed by atoms with E-state index in [0.717, 1.165) is 39.9 Å². The number of pyridine rings is 1. The Morgan fingerprint density at radius 3 is 2.57 bits per heavy atom. The Bertz CT molecular complexity index is 705. The third-order valence-electron chi connectivity index (χ3n) is 3.22. The maximum Gasteiger partial charge on any atom is 0.328 e. The van der Waals surface area contributed by atoms with E-state index < -0.39 is 5.97 Å². The summed E-state index contributed by atoms with van der Waals surface area (Å²) in [5, 5.41) is 8.66. The maximum absolute atomic E-state index is 10.6. The van der Waals surface area contributed by atoms with Crippen LogP contribution in [0.3, 0.4) is 0 Å². The van der Waals surface area contributed by atoms with Gasteiger partial charge < -0.3 is 9.84 Å². The standard InChI is InChI=1S/C17H17NO3/c1-11-10-14(5-8-16(11)21-3)15-7-4-13(12(2)18-15)6-9-17(19)20/h4-10H,1-3H3,(H,19,20)/b9-6+. The highest BCUT2D eigenvalue weighted by Gasteiger charge is 2.05. The second kappa shape index (κ2) is 6.22. The van der Waals surface area contributed by atoms with Crippen LogP contribution in [0.15, 0.2) is 36.4 Å². The van der Waals surface area contributed by atoms with Crippen molar-refractivity contribution in [2.75, 3.05) is 7.11 Å². The van der Waals surface area contributed by atoms with E-state index in [1.165, 1.54) is 0 Å². The molecule has 0 aliphatic heterocycles. The monoisotopic (exact) mass is 283 g/mol. The summed E-state index contributed by atoms with van der Waals surface area (Å²) in [7, 11) is 1.65. The summed E-state index contributed by atoms with van der Waals surface area (Å²) in [5.74, 6) is -0.124. The summed E-state index contributed by atoms with van der Waals surface area (Å²) in [6, 6.07) is 9.65. The molecule has 0 bridgehead atoms. The Hall–Kier alpha value is -2.62. The molecule has 0 fully saturated rings. The van der Waals surface area contributed by atoms with Gasteiger partial charge >= 0.3 is 5.97 Å². The van der Waals surface area contributed by atoms with E-state index in [0.29, 0.717) is 0 Å². The van der Waals surface area contributed by atoms with Gasteiger partial charge in [-0.05, 0) is 55.3 Å². The predicted octanol–water partition coefficient (Wildman–Crippen LogP) is 3.47. The molecule has 0 radical (unpaired) electrons. The lowest BCUT2D eigenvalue weighted by atomic mass is 10.1. The fraction of sp³-hybridized carbons (Fsp3) is 0.176. The fourth-order valence-corrected chi connectivity index (χ4v) is 2.11. The normalized spacial score (nSPS) is 10.8. The third kappa shape index (κ3) is 3.48. The number of benzene rings is 1. The number of carboxylic acid groups (broad SMARTS) is 1. The summed E-state index contributed by atoms with van der Waals surface area (Å²) in [6.07, 6.45) is 2.66. The number of aromatic nitrogens is 1. The van der Waals surface area contributed by atoms with Crippen LogP contribution in [-0.4, -0.2) is 23.2 Å². The number of ether oxygens (including phenoxy) is 1. The maximum atomic E-state index is 10.6. The van der Waals surface area contributed by atoms with Gasteiger partial charge in [0.1, 0.15) is 5.75 Å². The van der Waals surface area contributed by atoms with Gasteiger partial charge in [0.2, 0.25) is 0 Å². The first-order valence-electron chi connectivity index (χ1n) is 6.55. The van der Waals surface area contributed by atoms with Gasteiger partial charge in [0.15, 0.2) is 0 Å². The molecule has 1 aromatic carbocycles. The van der Waals surface area contributed by atoms with E-state index >= 15 is 0 Å². The zero-order valence-electron chi connectivity index (χ0n) is 12.3. The van der Waals surface area contributed by atoms with Gasteiger partial charge in [-0.3, -0.25) is 4.98 Å². The quantitative estimate of drug-likeness (QED) is 0.873. The fourth-order valence-electron chi connectivity index (χ4n) is 2.11. The van der Waals surface area contributed by atoms with Crippen LogP contribution >= 0.6 is 0 Å². The molecular formula is C17H17NO3. The van der Waals surface area contributed by atoms with Gasteiger partial charge in [-0.2, -0.15) is 0 Å². The van der Waals surface area contributed by atoms with Gasteiger partial charge in [-0.15, -0.1) is 0 Å². The molecule has 1 heterocycles. The van der Waals surface area contributed by atoms with E-state index in [4.69, 9.17) is 9.84 Å². The number of hydrogen-bond acceptors (Lipinski definition) is 3. The topological polar surface area (TPSA) is 59.4 Å². The Morgan fingerprint density at radius 2 is 2.00 bits per heavy atom. The molecule has 0 amide bonds. The number of methoxy groups -OCH3 is 1. The second-order valence-corrected chi connectivity index (χ2v) is 4.73. The van der Waals surface area contributed by atoms with Crippen molar-refractivity contribution in [3.8, 4) is 17.0 Å². The summed E-state index contributed by atoms with van der Waals surface area (Å²) in [6.45, 7) is 3.85. The van der Waals surface area contributed by atoms with Crippen LogP contribution in [0.25, 0.3) is 17.3 Å². The molecule has 2 rings (SSSR count). The Kier molecular flexibility index (Phi) is 4.38. The number of hydrogen-bond donors (Lipinski definition) is 1. The molecule has 1 aromatic heterocycles. The van der Waals surface area contributed by atoms with Crippen molar-refractivity contribution in [1.29, 1.82) is 0 Å². The van der Waals surface area contributed by atoms with Crippen LogP contribution in [0.4, 0.5) is 0 Å². The van der Waals surface area contributed by atoms with E-state index in [2.05, 4.69) is 4.98 Å². The highest BCUT2D eigenvalue weighted by Crippen LogP contribution is 2.25. The van der Waals surface area contributed by atoms with Gasteiger partial charge in [0.05, 0.1) is 12.8 Å². The van der Waals surface area contributed by atoms with Crippen LogP contribution in [0.1, 0.15) is 16.8 Å². The first-order valence-corrected chi connectivity index (χ1v) is 6.55. The number of rotatable bonds is 4. The minimum atomic E-state index is -0.968. The highest BCUT2D eigenvalue weighted by molar-refractivity contribution is 5.85. The molecular weight excluding hydrogens is 266 g/mol. The molecule has 0 saturated heterocycles. The second-order valence-electron chi connectivity index (χ2n) is 4.73. The lowest BCUT2D eigenvalue weighted by Gasteiger charge is -2.08. The van der Waals surface area contributed by atoms with Crippen molar-refractivity contribution in [1.82, 2.24) is 4.98 Å². The van der Waals surface area contributed by atoms with Crippen molar-refractivity contribution < 1.29 is 14.6 Å². The average Bonchev–Trinajstić information content (AvgIpc) is 2.45. The van der Waals surface area contributed by atoms with Crippen molar-refractivity contribution in [2.45, 2.75) is 13.8 Å². The van der Waals surface area contributed by atoms with Gasteiger partial charge in [-0.25, -0.2) is 4.79 Å². The molecule has 0 atom stereocenters. The molecule has 0 saturated carbocycles. The van der Waals surface area contributed by atoms with Crippen LogP contribution in [0, 0.1) is 13.8 Å². The first kappa shape index (κ1) is 14.8. The molecule has 1 N–H and O–H groups in total. The molecule has 4 heteroatoms. The molecule has 0 unspecified atom stereocenters. The number of carboxylic acids is 1. The van der Waals surface area contributed by atoms with Crippen LogP contribution in [0.5, 0.6) is 5.75 Å². The largest absolute Gasteiger partial charge is 0.496 e. The van der Waals surface area contributed by atoms with Crippen molar-refractivity contribution in [3.05, 3.63) is 53.2 Å². The van der Waals surface area contributed by atoms with E-state index in [-0.39, 0.29) is 0 Å². The first-order chi connectivity index (χ1) is 10.0. The molecule has 4 nitrogen and oxygen atoms in total. The predicted molar refractivity (Wildman–Crippen MR) is 82.4 cm³/mol. The van der Waals surface area contributed by atoms with Crippen molar-refractivity contribution in [3.63, 3.8) is 0 Å². The zero-order valence-corrected chi connectivity index (χ0v) is 12.3. The van der Waals surface area contributed by atoms with Crippen LogP contribution in [-0.2, 0) is 4.79 Å². The Balaban J connectivity index is 2.36. The van der Waals surface area contributed by atoms with Crippen molar-refractivity contribution in [2.24, 2.45) is 0 Å². The zero-order chi connectivity index (χ0) is 15.4. The van der Waals surface area contributed by atoms with E-state index in [1.54, 1.807) is 13.2 Å². The van der Waals surface area contributed by atoms with E-state index in [9.17, 15) is 4.79 Å². The smallest absolute Gasteiger partial charge is 0.328 e. The van der Waals surface area contributed by atoms with Gasteiger partial charge in [0, 0.05) is 17.3 Å². The summed E-state index contributed by atoms with van der Waals surface area (Å²) in [5.41, 5.74) is 4.49. The minimum Gasteiger partial charge on any atom is -0.496 e. The van der Waals surface area contributed by atoms with Gasteiger partial charge in [-0.1, -0.05) is 6.07 Å². The summed E-state index contributed by atoms with van der Waals surface area (Å²) >= 11 is 0. The number of carbonyl (C=O) groups is 1. The Morgan fingerprint density at radius 1 is 1.24 bits per heavy atom. The van der Waals surface area contributed by atoms with Gasteiger partial charge in [0.25, 0.3) is 0 Å².